The Bertz CT molecular complexity index is 493. The van der Waals surface area contributed by atoms with E-state index in [-0.39, 0.29) is 6.54 Å². The molecule has 1 heterocycles. The predicted molar refractivity (Wildman–Crippen MR) is 61.3 cm³/mol. The van der Waals surface area contributed by atoms with Crippen molar-refractivity contribution < 1.29 is 14.4 Å². The number of carbonyl (C=O) groups is 1. The number of nitrogens with one attached hydrogen (secondary N) is 1. The summed E-state index contributed by atoms with van der Waals surface area (Å²) in [5.41, 5.74) is 1.63. The first-order valence-corrected chi connectivity index (χ1v) is 5.19. The Balaban J connectivity index is 1.99. The van der Waals surface area contributed by atoms with Crippen molar-refractivity contribution in [3.63, 3.8) is 0 Å². The highest BCUT2D eigenvalue weighted by Crippen LogP contribution is 2.19. The molecule has 0 fully saturated rings. The SMILES string of the molecule is O=C(O)CNCc1cc(-c2ccccc2)on1. The second kappa shape index (κ2) is 5.27. The molecule has 0 bridgehead atoms. The van der Waals surface area contributed by atoms with Gasteiger partial charge in [0.15, 0.2) is 5.76 Å². The van der Waals surface area contributed by atoms with Gasteiger partial charge in [-0.1, -0.05) is 35.5 Å². The molecule has 0 aliphatic heterocycles. The number of nitrogens with zero attached hydrogens (tertiary/aromatic N) is 1. The minimum Gasteiger partial charge on any atom is -0.480 e. The Hall–Kier alpha value is -2.14. The molecule has 1 aromatic heterocycles. The first-order valence-electron chi connectivity index (χ1n) is 5.19. The zero-order valence-electron chi connectivity index (χ0n) is 9.09. The van der Waals surface area contributed by atoms with Crippen molar-refractivity contribution in [3.8, 4) is 11.3 Å². The molecule has 88 valence electrons. The van der Waals surface area contributed by atoms with Crippen LogP contribution >= 0.6 is 0 Å². The van der Waals surface area contributed by atoms with Crippen LogP contribution in [0.4, 0.5) is 0 Å². The van der Waals surface area contributed by atoms with Gasteiger partial charge in [-0.2, -0.15) is 0 Å². The Labute approximate surface area is 98.1 Å². The Kier molecular flexibility index (Phi) is 3.52. The number of benzene rings is 1. The molecule has 1 aromatic carbocycles. The van der Waals surface area contributed by atoms with Gasteiger partial charge in [0.1, 0.15) is 0 Å². The normalized spacial score (nSPS) is 10.4. The third kappa shape index (κ3) is 3.15. The minimum absolute atomic E-state index is 0.0898. The van der Waals surface area contributed by atoms with Crippen molar-refractivity contribution in [3.05, 3.63) is 42.1 Å². The maximum absolute atomic E-state index is 10.3. The van der Waals surface area contributed by atoms with Crippen LogP contribution in [-0.2, 0) is 11.3 Å². The van der Waals surface area contributed by atoms with Gasteiger partial charge >= 0.3 is 5.97 Å². The summed E-state index contributed by atoms with van der Waals surface area (Å²) >= 11 is 0. The highest BCUT2D eigenvalue weighted by atomic mass is 16.5. The van der Waals surface area contributed by atoms with E-state index in [1.807, 2.05) is 30.3 Å². The maximum atomic E-state index is 10.3. The molecule has 0 atom stereocenters. The molecule has 0 unspecified atom stereocenters. The third-order valence-electron chi connectivity index (χ3n) is 2.20. The number of hydrogen-bond acceptors (Lipinski definition) is 4. The Morgan fingerprint density at radius 3 is 2.82 bits per heavy atom. The van der Waals surface area contributed by atoms with Gasteiger partial charge in [-0.3, -0.25) is 4.79 Å². The number of carboxylic acid groups (broad SMARTS) is 1. The monoisotopic (exact) mass is 232 g/mol. The lowest BCUT2D eigenvalue weighted by atomic mass is 10.2. The van der Waals surface area contributed by atoms with E-state index in [2.05, 4.69) is 10.5 Å². The van der Waals surface area contributed by atoms with Crippen LogP contribution in [0, 0.1) is 0 Å². The van der Waals surface area contributed by atoms with E-state index in [1.165, 1.54) is 0 Å². The van der Waals surface area contributed by atoms with E-state index in [9.17, 15) is 4.79 Å². The summed E-state index contributed by atoms with van der Waals surface area (Å²) in [6.45, 7) is 0.288. The summed E-state index contributed by atoms with van der Waals surface area (Å²) in [6.07, 6.45) is 0. The fourth-order valence-corrected chi connectivity index (χ4v) is 1.43. The minimum atomic E-state index is -0.892. The van der Waals surface area contributed by atoms with Crippen LogP contribution in [0.25, 0.3) is 11.3 Å². The summed E-state index contributed by atoms with van der Waals surface area (Å²) in [5, 5.41) is 15.1. The van der Waals surface area contributed by atoms with Crippen LogP contribution in [0.15, 0.2) is 40.9 Å². The van der Waals surface area contributed by atoms with Crippen molar-refractivity contribution in [2.75, 3.05) is 6.54 Å². The molecule has 0 saturated carbocycles. The van der Waals surface area contributed by atoms with E-state index < -0.39 is 5.97 Å². The van der Waals surface area contributed by atoms with E-state index >= 15 is 0 Å². The van der Waals surface area contributed by atoms with Gasteiger partial charge in [0.2, 0.25) is 0 Å². The van der Waals surface area contributed by atoms with Gasteiger partial charge in [0, 0.05) is 18.2 Å². The molecule has 0 aliphatic rings. The van der Waals surface area contributed by atoms with E-state index in [4.69, 9.17) is 9.63 Å². The molecule has 2 aromatic rings. The van der Waals surface area contributed by atoms with E-state index in [0.717, 1.165) is 5.56 Å². The topological polar surface area (TPSA) is 75.4 Å². The van der Waals surface area contributed by atoms with E-state index in [1.54, 1.807) is 6.07 Å². The van der Waals surface area contributed by atoms with Crippen molar-refractivity contribution >= 4 is 5.97 Å². The summed E-state index contributed by atoms with van der Waals surface area (Å²) in [5.74, 6) is -0.213. The molecule has 2 N–H and O–H groups in total. The second-order valence-electron chi connectivity index (χ2n) is 3.55. The van der Waals surface area contributed by atoms with E-state index in [0.29, 0.717) is 18.0 Å². The van der Waals surface area contributed by atoms with Gasteiger partial charge in [-0.25, -0.2) is 0 Å². The zero-order valence-corrected chi connectivity index (χ0v) is 9.09. The summed E-state index contributed by atoms with van der Waals surface area (Å²) in [7, 11) is 0. The largest absolute Gasteiger partial charge is 0.480 e. The Morgan fingerprint density at radius 1 is 1.35 bits per heavy atom. The van der Waals surface area contributed by atoms with Crippen LogP contribution in [0.5, 0.6) is 0 Å². The molecule has 0 aliphatic carbocycles. The fourth-order valence-electron chi connectivity index (χ4n) is 1.43. The quantitative estimate of drug-likeness (QED) is 0.817. The summed E-state index contributed by atoms with van der Waals surface area (Å²) < 4.78 is 5.17. The molecule has 5 heteroatoms. The second-order valence-corrected chi connectivity index (χ2v) is 3.55. The average molecular weight is 232 g/mol. The molecule has 5 nitrogen and oxygen atoms in total. The average Bonchev–Trinajstić information content (AvgIpc) is 2.78. The smallest absolute Gasteiger partial charge is 0.317 e. The highest BCUT2D eigenvalue weighted by Gasteiger charge is 2.06. The van der Waals surface area contributed by atoms with Gasteiger partial charge in [0.05, 0.1) is 12.2 Å². The number of aliphatic carboxylic acids is 1. The fraction of sp³-hybridized carbons (Fsp3) is 0.167. The van der Waals surface area contributed by atoms with Gasteiger partial charge in [0.25, 0.3) is 0 Å². The van der Waals surface area contributed by atoms with Crippen LogP contribution in [0.3, 0.4) is 0 Å². The number of carboxylic acids is 1. The van der Waals surface area contributed by atoms with Crippen LogP contribution in [0.1, 0.15) is 5.69 Å². The first-order chi connectivity index (χ1) is 8.25. The number of hydrogen-bond donors (Lipinski definition) is 2. The predicted octanol–water partition coefficient (Wildman–Crippen LogP) is 1.52. The van der Waals surface area contributed by atoms with Gasteiger partial charge in [-0.15, -0.1) is 0 Å². The van der Waals surface area contributed by atoms with Crippen LogP contribution < -0.4 is 5.32 Å². The van der Waals surface area contributed by atoms with Crippen LogP contribution in [-0.4, -0.2) is 22.8 Å². The van der Waals surface area contributed by atoms with Crippen molar-refractivity contribution in [1.82, 2.24) is 10.5 Å². The van der Waals surface area contributed by atoms with Gasteiger partial charge < -0.3 is 14.9 Å². The lowest BCUT2D eigenvalue weighted by Gasteiger charge is -1.95. The lowest BCUT2D eigenvalue weighted by molar-refractivity contribution is -0.136. The summed E-state index contributed by atoms with van der Waals surface area (Å²) in [6, 6.07) is 11.4. The highest BCUT2D eigenvalue weighted by molar-refractivity contribution is 5.69. The van der Waals surface area contributed by atoms with Crippen LogP contribution in [0.2, 0.25) is 0 Å². The molecule has 0 spiro atoms. The zero-order chi connectivity index (χ0) is 12.1. The number of rotatable bonds is 5. The molecular weight excluding hydrogens is 220 g/mol. The van der Waals surface area contributed by atoms with Crippen molar-refractivity contribution in [2.24, 2.45) is 0 Å². The summed E-state index contributed by atoms with van der Waals surface area (Å²) in [4.78, 5) is 10.3. The molecular formula is C12H12N2O3. The molecule has 0 amide bonds. The standard InChI is InChI=1S/C12H12N2O3/c15-12(16)8-13-7-10-6-11(17-14-10)9-4-2-1-3-5-9/h1-6,13H,7-8H2,(H,15,16). The maximum Gasteiger partial charge on any atom is 0.317 e. The lowest BCUT2D eigenvalue weighted by Crippen LogP contribution is -2.21. The molecule has 17 heavy (non-hydrogen) atoms. The molecule has 0 saturated heterocycles. The molecule has 0 radical (unpaired) electrons. The Morgan fingerprint density at radius 2 is 2.12 bits per heavy atom. The van der Waals surface area contributed by atoms with Crippen molar-refractivity contribution in [2.45, 2.75) is 6.54 Å². The van der Waals surface area contributed by atoms with Gasteiger partial charge in [-0.05, 0) is 0 Å². The number of aromatic nitrogens is 1. The molecule has 2 rings (SSSR count). The third-order valence-corrected chi connectivity index (χ3v) is 2.20. The van der Waals surface area contributed by atoms with Crippen molar-refractivity contribution in [1.29, 1.82) is 0 Å². The first kappa shape index (κ1) is 11.3.